The Morgan fingerprint density at radius 1 is 0.500 bits per heavy atom. The van der Waals surface area contributed by atoms with Crippen molar-refractivity contribution in [3.05, 3.63) is 0 Å². The maximum Gasteiger partial charge on any atom is 0.104 e. The smallest absolute Gasteiger partial charge is 0.104 e. The van der Waals surface area contributed by atoms with Gasteiger partial charge in [-0.25, -0.2) is 0 Å². The fraction of sp³-hybridized carbons (Fsp3) is 1.00. The minimum Gasteiger partial charge on any atom is -0.381 e. The second-order valence-corrected chi connectivity index (χ2v) is 14.4. The van der Waals surface area contributed by atoms with Gasteiger partial charge >= 0.3 is 0 Å². The van der Waals surface area contributed by atoms with E-state index in [-0.39, 0.29) is 0 Å². The van der Waals surface area contributed by atoms with Crippen LogP contribution >= 0.6 is 0 Å². The summed E-state index contributed by atoms with van der Waals surface area (Å²) >= 11 is 0. The van der Waals surface area contributed by atoms with Gasteiger partial charge in [0.05, 0.1) is 82.9 Å². The normalized spacial score (nSPS) is 21.3. The third kappa shape index (κ3) is 25.6. The minimum atomic E-state index is 0.351. The molecule has 276 valence electrons. The topological polar surface area (TPSA) is 83.1 Å². The molecule has 0 aromatic carbocycles. The van der Waals surface area contributed by atoms with Gasteiger partial charge in [-0.2, -0.15) is 0 Å². The van der Waals surface area contributed by atoms with E-state index in [9.17, 15) is 0 Å². The molecule has 9 nitrogen and oxygen atoms in total. The van der Waals surface area contributed by atoms with E-state index in [4.69, 9.17) is 42.6 Å². The Kier molecular flexibility index (Phi) is 26.1. The molecule has 9 heteroatoms. The molecular weight excluding hydrogens is 588 g/mol. The van der Waals surface area contributed by atoms with Crippen molar-refractivity contribution in [2.24, 2.45) is 17.8 Å². The van der Waals surface area contributed by atoms with Crippen LogP contribution in [0.4, 0.5) is 0 Å². The van der Waals surface area contributed by atoms with Gasteiger partial charge in [-0.05, 0) is 107 Å². The average Bonchev–Trinajstić information content (AvgIpc) is 2.84. The molecule has 0 bridgehead atoms. The van der Waals surface area contributed by atoms with Crippen LogP contribution in [0.15, 0.2) is 0 Å². The quantitative estimate of drug-likeness (QED) is 0.172. The number of rotatable bonds is 16. The van der Waals surface area contributed by atoms with E-state index in [0.29, 0.717) is 48.6 Å². The zero-order valence-electron chi connectivity index (χ0n) is 31.5. The molecule has 0 spiro atoms. The first-order valence-electron chi connectivity index (χ1n) is 18.4. The fourth-order valence-corrected chi connectivity index (χ4v) is 4.24. The summed E-state index contributed by atoms with van der Waals surface area (Å²) in [5.41, 5.74) is 0. The van der Waals surface area contributed by atoms with Crippen molar-refractivity contribution >= 4 is 0 Å². The van der Waals surface area contributed by atoms with Crippen LogP contribution in [0.5, 0.6) is 0 Å². The van der Waals surface area contributed by atoms with Crippen LogP contribution in [0.25, 0.3) is 0 Å². The van der Waals surface area contributed by atoms with Crippen LogP contribution < -0.4 is 0 Å². The van der Waals surface area contributed by atoms with Gasteiger partial charge in [-0.3, -0.25) is 0 Å². The second-order valence-electron chi connectivity index (χ2n) is 14.4. The summed E-state index contributed by atoms with van der Waals surface area (Å²) in [6.07, 6.45) is 10.4. The third-order valence-electron chi connectivity index (χ3n) is 7.70. The molecular formula is C37H74O9. The van der Waals surface area contributed by atoms with E-state index >= 15 is 0 Å². The zero-order valence-corrected chi connectivity index (χ0v) is 31.5. The first-order chi connectivity index (χ1) is 21.9. The number of hydrogen-bond donors (Lipinski definition) is 0. The SMILES string of the molecule is CC(C)OC1COC1.CC(C)OCC1CCC1.CC(C)OCC1COC1.CC(C)OCCC1CCO1.CC(C)OCCC1COC1. The summed E-state index contributed by atoms with van der Waals surface area (Å²) in [7, 11) is 0. The molecule has 0 aromatic heterocycles. The largest absolute Gasteiger partial charge is 0.381 e. The molecule has 1 aliphatic carbocycles. The van der Waals surface area contributed by atoms with Crippen LogP contribution in [0.1, 0.15) is 108 Å². The van der Waals surface area contributed by atoms with E-state index in [1.54, 1.807) is 0 Å². The maximum atomic E-state index is 5.45. The monoisotopic (exact) mass is 663 g/mol. The van der Waals surface area contributed by atoms with E-state index in [1.165, 1.54) is 25.7 Å². The molecule has 0 aromatic rings. The Balaban J connectivity index is 0.000000288. The number of hydrogen-bond acceptors (Lipinski definition) is 9. The van der Waals surface area contributed by atoms with Crippen molar-refractivity contribution in [3.8, 4) is 0 Å². The van der Waals surface area contributed by atoms with Gasteiger partial charge in [0.15, 0.2) is 0 Å². The van der Waals surface area contributed by atoms with Crippen molar-refractivity contribution in [1.82, 2.24) is 0 Å². The van der Waals surface area contributed by atoms with Gasteiger partial charge in [0.2, 0.25) is 0 Å². The van der Waals surface area contributed by atoms with Gasteiger partial charge in [-0.1, -0.05) is 6.42 Å². The minimum absolute atomic E-state index is 0.351. The van der Waals surface area contributed by atoms with Gasteiger partial charge in [-0.15, -0.1) is 0 Å². The average molecular weight is 663 g/mol. The molecule has 46 heavy (non-hydrogen) atoms. The van der Waals surface area contributed by atoms with Crippen LogP contribution in [-0.4, -0.2) is 115 Å². The Bertz CT molecular complexity index is 607. The van der Waals surface area contributed by atoms with Gasteiger partial charge in [0.25, 0.3) is 0 Å². The van der Waals surface area contributed by atoms with E-state index < -0.39 is 0 Å². The van der Waals surface area contributed by atoms with Crippen molar-refractivity contribution < 1.29 is 42.6 Å². The standard InChI is InChI=1S/2C8H16O2.C8H16O.C7H14O2.C6H12O2/c1-7(2)9-5-3-8-4-6-10-8;1-7(2)10-4-3-8-5-9-6-8;1-7(2)9-6-8-4-3-5-8;1-6(2)9-5-7-3-8-4-7;1-5(2)8-6-3-7-4-6/h2*7-8H,3-6H2,1-2H3;7-8H,3-6H2,1-2H3;6-7H,3-5H2,1-2H3;5-6H,3-4H2,1-2H3. The second kappa shape index (κ2) is 27.5. The van der Waals surface area contributed by atoms with Gasteiger partial charge < -0.3 is 42.6 Å². The summed E-state index contributed by atoms with van der Waals surface area (Å²) in [5, 5.41) is 0. The Morgan fingerprint density at radius 2 is 0.957 bits per heavy atom. The molecule has 1 atom stereocenters. The summed E-state index contributed by atoms with van der Waals surface area (Å²) in [5.74, 6) is 2.35. The molecule has 4 aliphatic heterocycles. The lowest BCUT2D eigenvalue weighted by Crippen LogP contribution is -2.37. The number of ether oxygens (including phenoxy) is 9. The summed E-state index contributed by atoms with van der Waals surface area (Å²) < 4.78 is 47.1. The molecule has 4 saturated heterocycles. The molecule has 5 aliphatic rings. The van der Waals surface area contributed by atoms with E-state index in [0.717, 1.165) is 97.4 Å². The molecule has 0 amide bonds. The summed E-state index contributed by atoms with van der Waals surface area (Å²) in [4.78, 5) is 0. The molecule has 5 fully saturated rings. The van der Waals surface area contributed by atoms with Crippen LogP contribution in [0, 0.1) is 17.8 Å². The predicted molar refractivity (Wildman–Crippen MR) is 185 cm³/mol. The van der Waals surface area contributed by atoms with Crippen LogP contribution in [-0.2, 0) is 42.6 Å². The predicted octanol–water partition coefficient (Wildman–Crippen LogP) is 7.12. The van der Waals surface area contributed by atoms with Crippen molar-refractivity contribution in [2.75, 3.05) is 72.7 Å². The maximum absolute atomic E-state index is 5.45. The highest BCUT2D eigenvalue weighted by molar-refractivity contribution is 4.69. The fourth-order valence-electron chi connectivity index (χ4n) is 4.24. The highest BCUT2D eigenvalue weighted by atomic mass is 16.6. The lowest BCUT2D eigenvalue weighted by Gasteiger charge is -2.27. The van der Waals surface area contributed by atoms with Crippen LogP contribution in [0.2, 0.25) is 0 Å². The first kappa shape index (κ1) is 43.7. The van der Waals surface area contributed by atoms with Crippen molar-refractivity contribution in [1.29, 1.82) is 0 Å². The molecule has 1 saturated carbocycles. The molecule has 1 unspecified atom stereocenters. The van der Waals surface area contributed by atoms with Gasteiger partial charge in [0, 0.05) is 38.3 Å². The lowest BCUT2D eigenvalue weighted by atomic mass is 9.86. The Hall–Kier alpha value is -0.360. The van der Waals surface area contributed by atoms with E-state index in [1.807, 2.05) is 13.8 Å². The first-order valence-corrected chi connectivity index (χ1v) is 18.4. The van der Waals surface area contributed by atoms with Crippen LogP contribution in [0.3, 0.4) is 0 Å². The molecule has 0 radical (unpaired) electrons. The Labute approximate surface area is 283 Å². The summed E-state index contributed by atoms with van der Waals surface area (Å²) in [6, 6.07) is 0. The highest BCUT2D eigenvalue weighted by Crippen LogP contribution is 2.26. The summed E-state index contributed by atoms with van der Waals surface area (Å²) in [6.45, 7) is 30.5. The van der Waals surface area contributed by atoms with Crippen molar-refractivity contribution in [2.45, 2.75) is 150 Å². The van der Waals surface area contributed by atoms with E-state index in [2.05, 4.69) is 55.4 Å². The zero-order chi connectivity index (χ0) is 34.2. The Morgan fingerprint density at radius 3 is 1.24 bits per heavy atom. The third-order valence-corrected chi connectivity index (χ3v) is 7.70. The van der Waals surface area contributed by atoms with Gasteiger partial charge in [0.1, 0.15) is 6.10 Å². The highest BCUT2D eigenvalue weighted by Gasteiger charge is 2.20. The lowest BCUT2D eigenvalue weighted by molar-refractivity contribution is -0.146. The molecule has 0 N–H and O–H groups in total. The molecule has 4 heterocycles. The molecule has 5 rings (SSSR count). The van der Waals surface area contributed by atoms with Crippen molar-refractivity contribution in [3.63, 3.8) is 0 Å².